The predicted molar refractivity (Wildman–Crippen MR) is 91.5 cm³/mol. The number of amides is 1. The van der Waals surface area contributed by atoms with Gasteiger partial charge < -0.3 is 24.6 Å². The van der Waals surface area contributed by atoms with Crippen LogP contribution in [0.15, 0.2) is 42.5 Å². The minimum absolute atomic E-state index is 0.234. The Bertz CT molecular complexity index is 734. The molecule has 0 heterocycles. The van der Waals surface area contributed by atoms with Gasteiger partial charge in [-0.25, -0.2) is 0 Å². The van der Waals surface area contributed by atoms with E-state index in [1.54, 1.807) is 42.5 Å². The van der Waals surface area contributed by atoms with Crippen LogP contribution in [0, 0.1) is 0 Å². The molecule has 0 fully saturated rings. The zero-order chi connectivity index (χ0) is 18.4. The van der Waals surface area contributed by atoms with Crippen molar-refractivity contribution in [2.45, 2.75) is 5.92 Å². The third kappa shape index (κ3) is 4.00. The fourth-order valence-corrected chi connectivity index (χ4v) is 2.38. The van der Waals surface area contributed by atoms with Crippen molar-refractivity contribution in [2.24, 2.45) is 0 Å². The Morgan fingerprint density at radius 3 is 1.96 bits per heavy atom. The Kier molecular flexibility index (Phi) is 5.84. The van der Waals surface area contributed by atoms with Crippen molar-refractivity contribution < 1.29 is 28.9 Å². The number of hydrogen-bond acceptors (Lipinski definition) is 5. The number of carbonyl (C=O) groups excluding carboxylic acids is 1. The standard InChI is InChI=1S/C18H19NO6/c1-23-12-9-13(24-2)16(14(10-12)25-3)19-17(20)15(18(21)22)11-7-5-4-6-8-11/h4-10,15H,1-3H3,(H,19,20)(H,21,22)/t15-/m1/s1. The van der Waals surface area contributed by atoms with Crippen molar-refractivity contribution in [1.82, 2.24) is 0 Å². The summed E-state index contributed by atoms with van der Waals surface area (Å²) in [6.07, 6.45) is 0. The molecule has 0 unspecified atom stereocenters. The number of carboxylic acids is 1. The molecule has 2 aromatic rings. The highest BCUT2D eigenvalue weighted by Gasteiger charge is 2.29. The molecule has 2 rings (SSSR count). The van der Waals surface area contributed by atoms with E-state index in [1.807, 2.05) is 0 Å². The van der Waals surface area contributed by atoms with E-state index < -0.39 is 17.8 Å². The average Bonchev–Trinajstić information content (AvgIpc) is 2.62. The van der Waals surface area contributed by atoms with Gasteiger partial charge in [0.05, 0.1) is 21.3 Å². The molecule has 0 saturated carbocycles. The molecule has 1 amide bonds. The van der Waals surface area contributed by atoms with E-state index in [9.17, 15) is 14.7 Å². The minimum Gasteiger partial charge on any atom is -0.496 e. The van der Waals surface area contributed by atoms with Crippen LogP contribution in [0.1, 0.15) is 11.5 Å². The third-order valence-corrected chi connectivity index (χ3v) is 3.61. The van der Waals surface area contributed by atoms with Crippen LogP contribution in [-0.4, -0.2) is 38.3 Å². The van der Waals surface area contributed by atoms with Crippen molar-refractivity contribution in [3.05, 3.63) is 48.0 Å². The van der Waals surface area contributed by atoms with E-state index in [1.165, 1.54) is 21.3 Å². The second-order valence-electron chi connectivity index (χ2n) is 5.08. The molecule has 7 nitrogen and oxygen atoms in total. The fourth-order valence-electron chi connectivity index (χ4n) is 2.38. The van der Waals surface area contributed by atoms with Gasteiger partial charge in [0.1, 0.15) is 22.9 Å². The number of carbonyl (C=O) groups is 2. The second-order valence-corrected chi connectivity index (χ2v) is 5.08. The van der Waals surface area contributed by atoms with Gasteiger partial charge in [0.15, 0.2) is 5.92 Å². The van der Waals surface area contributed by atoms with Crippen LogP contribution in [-0.2, 0) is 9.59 Å². The number of hydrogen-bond donors (Lipinski definition) is 2. The maximum atomic E-state index is 12.6. The highest BCUT2D eigenvalue weighted by atomic mass is 16.5. The first-order valence-electron chi connectivity index (χ1n) is 7.40. The van der Waals surface area contributed by atoms with Crippen LogP contribution in [0.3, 0.4) is 0 Å². The van der Waals surface area contributed by atoms with E-state index in [4.69, 9.17) is 14.2 Å². The smallest absolute Gasteiger partial charge is 0.320 e. The van der Waals surface area contributed by atoms with Gasteiger partial charge in [0.25, 0.3) is 0 Å². The molecular weight excluding hydrogens is 326 g/mol. The van der Waals surface area contributed by atoms with Crippen molar-refractivity contribution in [2.75, 3.05) is 26.6 Å². The quantitative estimate of drug-likeness (QED) is 0.749. The maximum Gasteiger partial charge on any atom is 0.320 e. The summed E-state index contributed by atoms with van der Waals surface area (Å²) in [6.45, 7) is 0. The third-order valence-electron chi connectivity index (χ3n) is 3.61. The first-order chi connectivity index (χ1) is 12.0. The van der Waals surface area contributed by atoms with Crippen LogP contribution in [0.4, 0.5) is 5.69 Å². The zero-order valence-electron chi connectivity index (χ0n) is 14.1. The molecule has 0 spiro atoms. The van der Waals surface area contributed by atoms with Crippen molar-refractivity contribution in [3.63, 3.8) is 0 Å². The molecule has 0 radical (unpaired) electrons. The van der Waals surface area contributed by atoms with Crippen LogP contribution < -0.4 is 19.5 Å². The van der Waals surface area contributed by atoms with Gasteiger partial charge in [-0.1, -0.05) is 30.3 Å². The largest absolute Gasteiger partial charge is 0.496 e. The Morgan fingerprint density at radius 1 is 0.960 bits per heavy atom. The summed E-state index contributed by atoms with van der Waals surface area (Å²) in [5, 5.41) is 12.1. The molecule has 0 aliphatic heterocycles. The number of rotatable bonds is 7. The molecular formula is C18H19NO6. The first-order valence-corrected chi connectivity index (χ1v) is 7.40. The number of nitrogens with one attached hydrogen (secondary N) is 1. The minimum atomic E-state index is -1.36. The van der Waals surface area contributed by atoms with Crippen LogP contribution >= 0.6 is 0 Å². The molecule has 2 N–H and O–H groups in total. The van der Waals surface area contributed by atoms with E-state index in [0.29, 0.717) is 22.8 Å². The SMILES string of the molecule is COc1cc(OC)c(NC(=O)[C@H](C(=O)O)c2ccccc2)c(OC)c1. The summed E-state index contributed by atoms with van der Waals surface area (Å²) < 4.78 is 15.7. The maximum absolute atomic E-state index is 12.6. The number of methoxy groups -OCH3 is 3. The first kappa shape index (κ1) is 18.1. The van der Waals surface area contributed by atoms with Crippen LogP contribution in [0.2, 0.25) is 0 Å². The molecule has 0 saturated heterocycles. The molecule has 0 aliphatic carbocycles. The van der Waals surface area contributed by atoms with Gasteiger partial charge in [-0.05, 0) is 5.56 Å². The Balaban J connectivity index is 2.40. The lowest BCUT2D eigenvalue weighted by atomic mass is 9.98. The molecule has 132 valence electrons. The summed E-state index contributed by atoms with van der Waals surface area (Å²) in [4.78, 5) is 24.2. The number of benzene rings is 2. The number of carboxylic acid groups (broad SMARTS) is 1. The van der Waals surface area contributed by atoms with Crippen LogP contribution in [0.25, 0.3) is 0 Å². The lowest BCUT2D eigenvalue weighted by Crippen LogP contribution is -2.28. The van der Waals surface area contributed by atoms with E-state index in [2.05, 4.69) is 5.32 Å². The van der Waals surface area contributed by atoms with Crippen molar-refractivity contribution >= 4 is 17.6 Å². The molecule has 2 aromatic carbocycles. The molecule has 0 bridgehead atoms. The summed E-state index contributed by atoms with van der Waals surface area (Å²) in [5.74, 6) is -2.26. The topological polar surface area (TPSA) is 94.1 Å². The van der Waals surface area contributed by atoms with Crippen molar-refractivity contribution in [3.8, 4) is 17.2 Å². The molecule has 1 atom stereocenters. The Labute approximate surface area is 145 Å². The molecule has 0 aromatic heterocycles. The highest BCUT2D eigenvalue weighted by molar-refractivity contribution is 6.10. The molecule has 0 aliphatic rings. The summed E-state index contributed by atoms with van der Waals surface area (Å²) in [6, 6.07) is 11.4. The average molecular weight is 345 g/mol. The Hall–Kier alpha value is -3.22. The van der Waals surface area contributed by atoms with Crippen molar-refractivity contribution in [1.29, 1.82) is 0 Å². The lowest BCUT2D eigenvalue weighted by molar-refractivity contribution is -0.141. The van der Waals surface area contributed by atoms with E-state index in [0.717, 1.165) is 0 Å². The highest BCUT2D eigenvalue weighted by Crippen LogP contribution is 2.39. The number of ether oxygens (including phenoxy) is 3. The van der Waals surface area contributed by atoms with Crippen LogP contribution in [0.5, 0.6) is 17.2 Å². The van der Waals surface area contributed by atoms with Gasteiger partial charge in [-0.3, -0.25) is 9.59 Å². The zero-order valence-corrected chi connectivity index (χ0v) is 14.1. The van der Waals surface area contributed by atoms with Gasteiger partial charge >= 0.3 is 5.97 Å². The van der Waals surface area contributed by atoms with Gasteiger partial charge in [0.2, 0.25) is 5.91 Å². The van der Waals surface area contributed by atoms with Gasteiger partial charge in [-0.15, -0.1) is 0 Å². The van der Waals surface area contributed by atoms with E-state index in [-0.39, 0.29) is 5.69 Å². The van der Waals surface area contributed by atoms with E-state index >= 15 is 0 Å². The fraction of sp³-hybridized carbons (Fsp3) is 0.222. The predicted octanol–water partition coefficient (Wildman–Crippen LogP) is 2.52. The Morgan fingerprint density at radius 2 is 1.52 bits per heavy atom. The molecule has 25 heavy (non-hydrogen) atoms. The summed E-state index contributed by atoms with van der Waals surface area (Å²) >= 11 is 0. The lowest BCUT2D eigenvalue weighted by Gasteiger charge is -2.18. The number of aliphatic carboxylic acids is 1. The van der Waals surface area contributed by atoms with Gasteiger partial charge in [-0.2, -0.15) is 0 Å². The molecule has 7 heteroatoms. The monoisotopic (exact) mass is 345 g/mol. The summed E-state index contributed by atoms with van der Waals surface area (Å²) in [7, 11) is 4.34. The second kappa shape index (κ2) is 8.05. The normalized spacial score (nSPS) is 11.3. The number of anilines is 1. The summed E-state index contributed by atoms with van der Waals surface area (Å²) in [5.41, 5.74) is 0.608. The van der Waals surface area contributed by atoms with Gasteiger partial charge in [0, 0.05) is 12.1 Å².